The first-order valence-corrected chi connectivity index (χ1v) is 23.6. The molecule has 6 aromatic carbocycles. The normalized spacial score (nSPS) is 13.5. The SMILES string of the molecule is Cc1cc(C)c([S+](CN=[N+]=[N-])CC(=O)c2ccccc2)c(C)c1.FC(F)(F)c1cc([B-](c2cc(C(F)(F)F)cc(C(F)(F)F)c2)(c2cc(C(F)(F)F)cc(C(F)(F)F)c2)c2cc(C(F)(F)F)cc(C(F)(F)F)c2)cc(C(F)(F)F)c1. The largest absolute Gasteiger partial charge is 0.416 e. The van der Waals surface area contributed by atoms with Gasteiger partial charge >= 0.3 is 49.4 Å². The highest BCUT2D eigenvalue weighted by atomic mass is 32.2. The predicted octanol–water partition coefficient (Wildman–Crippen LogP) is 16.0. The summed E-state index contributed by atoms with van der Waals surface area (Å²) in [7, 11) is -0.420. The molecule has 6 rings (SSSR count). The molecule has 430 valence electrons. The Morgan fingerprint density at radius 3 is 0.900 bits per heavy atom. The number of benzene rings is 6. The van der Waals surface area contributed by atoms with Gasteiger partial charge in [-0.05, 0) is 55.7 Å². The molecule has 0 aliphatic rings. The van der Waals surface area contributed by atoms with Crippen molar-refractivity contribution in [3.63, 3.8) is 0 Å². The van der Waals surface area contributed by atoms with E-state index in [1.54, 1.807) is 0 Å². The van der Waals surface area contributed by atoms with Crippen molar-refractivity contribution in [2.45, 2.75) is 75.1 Å². The molecule has 0 saturated heterocycles. The second kappa shape index (κ2) is 22.5. The number of Topliss-reactive ketones (excluding diaryl/α,β-unsaturated/α-hetero) is 1. The molecule has 0 heterocycles. The van der Waals surface area contributed by atoms with Crippen molar-refractivity contribution in [2.24, 2.45) is 5.11 Å². The van der Waals surface area contributed by atoms with E-state index in [4.69, 9.17) is 5.53 Å². The molecule has 80 heavy (non-hydrogen) atoms. The topological polar surface area (TPSA) is 65.8 Å². The van der Waals surface area contributed by atoms with Crippen LogP contribution in [0.15, 0.2) is 125 Å². The number of aryl methyl sites for hydroxylation is 3. The van der Waals surface area contributed by atoms with Crippen molar-refractivity contribution in [1.29, 1.82) is 0 Å². The fourth-order valence-corrected chi connectivity index (χ4v) is 10.9. The highest BCUT2D eigenvalue weighted by Gasteiger charge is 2.47. The van der Waals surface area contributed by atoms with Gasteiger partial charge in [-0.15, -0.1) is 0 Å². The Labute approximate surface area is 438 Å². The fraction of sp³-hybridized carbons (Fsp3) is 0.260. The summed E-state index contributed by atoms with van der Waals surface area (Å²) in [6, 6.07) is 4.69. The molecule has 30 heteroatoms. The van der Waals surface area contributed by atoms with Crippen molar-refractivity contribution >= 4 is 44.7 Å². The van der Waals surface area contributed by atoms with Crippen molar-refractivity contribution in [1.82, 2.24) is 0 Å². The monoisotopic (exact) mass is 1190 g/mol. The van der Waals surface area contributed by atoms with Crippen LogP contribution >= 0.6 is 0 Å². The van der Waals surface area contributed by atoms with Crippen molar-refractivity contribution in [2.75, 3.05) is 11.6 Å². The Balaban J connectivity index is 0.000000424. The van der Waals surface area contributed by atoms with E-state index in [-0.39, 0.29) is 5.78 Å². The van der Waals surface area contributed by atoms with Crippen molar-refractivity contribution < 1.29 is 110 Å². The Kier molecular flexibility index (Phi) is 18.0. The van der Waals surface area contributed by atoms with Gasteiger partial charge in [0.15, 0.2) is 16.5 Å². The maximum absolute atomic E-state index is 14.2. The molecule has 0 aliphatic carbocycles. The second-order valence-corrected chi connectivity index (χ2v) is 19.7. The second-order valence-electron chi connectivity index (χ2n) is 17.7. The van der Waals surface area contributed by atoms with Gasteiger partial charge in [0.05, 0.1) is 44.5 Å². The number of alkyl halides is 24. The van der Waals surface area contributed by atoms with Crippen LogP contribution in [0.25, 0.3) is 10.4 Å². The molecule has 4 nitrogen and oxygen atoms in total. The van der Waals surface area contributed by atoms with E-state index in [2.05, 4.69) is 42.9 Å². The summed E-state index contributed by atoms with van der Waals surface area (Å²) in [5.41, 5.74) is -17.3. The van der Waals surface area contributed by atoms with Crippen LogP contribution in [0.3, 0.4) is 0 Å². The minimum atomic E-state index is -6.13. The zero-order valence-corrected chi connectivity index (χ0v) is 41.0. The van der Waals surface area contributed by atoms with Gasteiger partial charge in [0.1, 0.15) is 6.15 Å². The van der Waals surface area contributed by atoms with Crippen LogP contribution in [-0.2, 0) is 60.3 Å². The van der Waals surface area contributed by atoms with Gasteiger partial charge in [0.25, 0.3) is 0 Å². The van der Waals surface area contributed by atoms with Gasteiger partial charge in [-0.25, -0.2) is 0 Å². The smallest absolute Gasteiger partial charge is 0.289 e. The number of halogens is 24. The molecule has 1 atom stereocenters. The number of azide groups is 1. The van der Waals surface area contributed by atoms with E-state index in [0.717, 1.165) is 16.0 Å². The van der Waals surface area contributed by atoms with Gasteiger partial charge in [-0.3, -0.25) is 4.79 Å². The van der Waals surface area contributed by atoms with E-state index in [9.17, 15) is 110 Å². The van der Waals surface area contributed by atoms with Crippen molar-refractivity contribution in [3.05, 3.63) is 192 Å². The Bertz CT molecular complexity index is 2830. The Morgan fingerprint density at radius 2 is 0.675 bits per heavy atom. The summed E-state index contributed by atoms with van der Waals surface area (Å²) in [5, 5.41) is 3.74. The fourth-order valence-electron chi connectivity index (χ4n) is 8.84. The van der Waals surface area contributed by atoms with E-state index in [1.807, 2.05) is 30.3 Å². The molecule has 0 saturated carbocycles. The first-order valence-electron chi connectivity index (χ1n) is 22.0. The van der Waals surface area contributed by atoms with Crippen LogP contribution in [-0.4, -0.2) is 23.6 Å². The van der Waals surface area contributed by atoms with Crippen molar-refractivity contribution in [3.8, 4) is 0 Å². The van der Waals surface area contributed by atoms with Crippen LogP contribution in [0.2, 0.25) is 0 Å². The third-order valence-electron chi connectivity index (χ3n) is 12.0. The van der Waals surface area contributed by atoms with Crippen LogP contribution < -0.4 is 21.9 Å². The summed E-state index contributed by atoms with van der Waals surface area (Å²) in [6.45, 7) is 6.17. The molecular weight excluding hydrogens is 1160 g/mol. The molecule has 0 aromatic heterocycles. The number of hydrogen-bond acceptors (Lipinski definition) is 2. The third kappa shape index (κ3) is 14.9. The zero-order valence-electron chi connectivity index (χ0n) is 40.2. The number of ketones is 1. The molecule has 0 fully saturated rings. The molecular formula is C50H32BF24N3OS. The highest BCUT2D eigenvalue weighted by Crippen LogP contribution is 2.42. The molecule has 6 aromatic rings. The standard InChI is InChI=1S/C32H12BF24.C18H20N3OS/c34-25(35,36)13-1-14(26(37,38)39)6-21(5-13)33(22-7-15(27(40,41)42)2-16(8-22)28(43,44)45,23-9-17(29(46,47)48)3-18(10-23)30(49,50)51)24-11-19(31(52,53)54)4-20(12-24)32(55,56)57;1-13-9-14(2)18(15(3)10-13)23(12-20-21-19)11-17(22)16-7-5-4-6-8-16/h1-12H;4-10H,11-12H2,1-3H3/q-1;+1. The zero-order chi connectivity index (χ0) is 60.7. The average Bonchev–Trinajstić information content (AvgIpc) is 3.31. The summed E-state index contributed by atoms with van der Waals surface area (Å²) < 4.78 is 341. The first-order chi connectivity index (χ1) is 36.3. The summed E-state index contributed by atoms with van der Waals surface area (Å²) >= 11 is 0. The molecule has 0 radical (unpaired) electrons. The first kappa shape index (κ1) is 63.9. The van der Waals surface area contributed by atoms with Gasteiger partial charge in [0.2, 0.25) is 5.78 Å². The molecule has 1 unspecified atom stereocenters. The average molecular weight is 1190 g/mol. The lowest BCUT2D eigenvalue weighted by atomic mass is 9.12. The number of nitrogens with zero attached hydrogens (tertiary/aromatic N) is 3. The molecule has 0 spiro atoms. The summed E-state index contributed by atoms with van der Waals surface area (Å²) in [4.78, 5) is 16.6. The maximum atomic E-state index is 14.2. The third-order valence-corrected chi connectivity index (χ3v) is 14.3. The van der Waals surface area contributed by atoms with Crippen LogP contribution in [0.5, 0.6) is 0 Å². The number of hydrogen-bond donors (Lipinski definition) is 0. The van der Waals surface area contributed by atoms with E-state index >= 15 is 0 Å². The van der Waals surface area contributed by atoms with E-state index < -0.39 is 206 Å². The minimum absolute atomic E-state index is 0.0847. The van der Waals surface area contributed by atoms with Gasteiger partial charge in [0, 0.05) is 32.5 Å². The summed E-state index contributed by atoms with van der Waals surface area (Å²) in [5.74, 6) is 0.773. The number of rotatable bonds is 10. The van der Waals surface area contributed by atoms with Gasteiger partial charge in [-0.1, -0.05) is 96.6 Å². The van der Waals surface area contributed by atoms with Gasteiger partial charge < -0.3 is 0 Å². The number of carbonyl (C=O) groups excluding carboxylic acids is 1. The van der Waals surface area contributed by atoms with E-state index in [0.29, 0.717) is 17.2 Å². The minimum Gasteiger partial charge on any atom is -0.289 e. The lowest BCUT2D eigenvalue weighted by Crippen LogP contribution is -2.75. The van der Waals surface area contributed by atoms with E-state index in [1.165, 1.54) is 5.56 Å². The predicted molar refractivity (Wildman–Crippen MR) is 246 cm³/mol. The Morgan fingerprint density at radius 1 is 0.425 bits per heavy atom. The lowest BCUT2D eigenvalue weighted by molar-refractivity contribution is -0.144. The Hall–Kier alpha value is -6.97. The molecule has 0 N–H and O–H groups in total. The quantitative estimate of drug-likeness (QED) is 0.0256. The lowest BCUT2D eigenvalue weighted by Gasteiger charge is -2.46. The van der Waals surface area contributed by atoms with Crippen LogP contribution in [0.1, 0.15) is 71.6 Å². The van der Waals surface area contributed by atoms with Crippen LogP contribution in [0, 0.1) is 20.8 Å². The molecule has 0 bridgehead atoms. The van der Waals surface area contributed by atoms with Crippen LogP contribution in [0.4, 0.5) is 105 Å². The highest BCUT2D eigenvalue weighted by molar-refractivity contribution is 7.97. The van der Waals surface area contributed by atoms with Gasteiger partial charge in [-0.2, -0.15) is 127 Å². The maximum Gasteiger partial charge on any atom is 0.416 e. The molecule has 0 aliphatic heterocycles. The molecule has 0 amide bonds. The number of carbonyl (C=O) groups is 1. The summed E-state index contributed by atoms with van der Waals surface area (Å²) in [6.07, 6.45) is -54.8.